The van der Waals surface area contributed by atoms with Crippen molar-refractivity contribution in [3.63, 3.8) is 0 Å². The highest BCUT2D eigenvalue weighted by Crippen LogP contribution is 2.29. The minimum Gasteiger partial charge on any atom is -0.399 e. The maximum Gasteiger partial charge on any atom is 0.253 e. The van der Waals surface area contributed by atoms with Gasteiger partial charge in [0.1, 0.15) is 0 Å². The highest BCUT2D eigenvalue weighted by atomic mass is 16.2. The Bertz CT molecular complexity index is 515. The van der Waals surface area contributed by atoms with E-state index in [1.54, 1.807) is 25.2 Å². The largest absolute Gasteiger partial charge is 0.399 e. The summed E-state index contributed by atoms with van der Waals surface area (Å²) >= 11 is 0. The molecule has 2 amide bonds. The molecule has 6 nitrogen and oxygen atoms in total. The molecular formula is C13H18N4O2. The third-order valence-electron chi connectivity index (χ3n) is 3.42. The number of nitrogens with one attached hydrogen (secondary N) is 1. The number of hydrogen-bond donors (Lipinski definition) is 3. The summed E-state index contributed by atoms with van der Waals surface area (Å²) in [6, 6.07) is 5.14. The van der Waals surface area contributed by atoms with E-state index in [-0.39, 0.29) is 17.7 Å². The Kier molecular flexibility index (Phi) is 3.59. The molecule has 19 heavy (non-hydrogen) atoms. The summed E-state index contributed by atoms with van der Waals surface area (Å²) in [4.78, 5) is 25.0. The molecule has 1 aliphatic rings. The van der Waals surface area contributed by atoms with Gasteiger partial charge in [-0.25, -0.2) is 0 Å². The van der Waals surface area contributed by atoms with Gasteiger partial charge in [-0.05, 0) is 24.6 Å². The molecule has 0 saturated carbocycles. The Morgan fingerprint density at radius 3 is 2.74 bits per heavy atom. The molecule has 1 atom stereocenters. The molecule has 2 rings (SSSR count). The molecule has 0 aromatic heterocycles. The number of hydrogen-bond acceptors (Lipinski definition) is 4. The number of nitrogens with zero attached hydrogens (tertiary/aromatic N) is 1. The summed E-state index contributed by atoms with van der Waals surface area (Å²) < 4.78 is 0. The SMILES string of the molecule is CNC(=O)c1ccc(N)cc1N1CCC(C(N)=O)C1. The first kappa shape index (κ1) is 13.2. The number of carbonyl (C=O) groups is 2. The van der Waals surface area contributed by atoms with Gasteiger partial charge in [-0.1, -0.05) is 0 Å². The predicted octanol–water partition coefficient (Wildman–Crippen LogP) is -0.0600. The first-order valence-corrected chi connectivity index (χ1v) is 6.18. The normalized spacial score (nSPS) is 18.4. The molecule has 0 radical (unpaired) electrons. The molecule has 102 valence electrons. The highest BCUT2D eigenvalue weighted by Gasteiger charge is 2.28. The molecular weight excluding hydrogens is 244 g/mol. The Morgan fingerprint density at radius 2 is 2.16 bits per heavy atom. The lowest BCUT2D eigenvalue weighted by Crippen LogP contribution is -2.29. The summed E-state index contributed by atoms with van der Waals surface area (Å²) in [6.45, 7) is 1.23. The monoisotopic (exact) mass is 262 g/mol. The van der Waals surface area contributed by atoms with Crippen molar-refractivity contribution >= 4 is 23.2 Å². The molecule has 1 aromatic rings. The van der Waals surface area contributed by atoms with Crippen molar-refractivity contribution < 1.29 is 9.59 Å². The Hall–Kier alpha value is -2.24. The maximum atomic E-state index is 11.8. The summed E-state index contributed by atoms with van der Waals surface area (Å²) in [5.41, 5.74) is 13.0. The average Bonchev–Trinajstić information content (AvgIpc) is 2.87. The number of benzene rings is 1. The lowest BCUT2D eigenvalue weighted by atomic mass is 10.1. The van der Waals surface area contributed by atoms with Crippen LogP contribution in [0.25, 0.3) is 0 Å². The lowest BCUT2D eigenvalue weighted by Gasteiger charge is -2.21. The number of rotatable bonds is 3. The molecule has 1 fully saturated rings. The van der Waals surface area contributed by atoms with E-state index in [1.807, 2.05) is 4.90 Å². The fourth-order valence-corrected chi connectivity index (χ4v) is 2.35. The van der Waals surface area contributed by atoms with Crippen LogP contribution in [0.3, 0.4) is 0 Å². The van der Waals surface area contributed by atoms with Crippen molar-refractivity contribution in [2.75, 3.05) is 30.8 Å². The van der Waals surface area contributed by atoms with Gasteiger partial charge in [0.05, 0.1) is 17.2 Å². The zero-order valence-corrected chi connectivity index (χ0v) is 10.8. The highest BCUT2D eigenvalue weighted by molar-refractivity contribution is 6.00. The van der Waals surface area contributed by atoms with E-state index in [4.69, 9.17) is 11.5 Å². The molecule has 0 spiro atoms. The Balaban J connectivity index is 2.31. The average molecular weight is 262 g/mol. The van der Waals surface area contributed by atoms with Gasteiger partial charge in [0, 0.05) is 25.8 Å². The van der Waals surface area contributed by atoms with Gasteiger partial charge < -0.3 is 21.7 Å². The number of carbonyl (C=O) groups excluding carboxylic acids is 2. The van der Waals surface area contributed by atoms with Crippen LogP contribution in [0.1, 0.15) is 16.8 Å². The minimum atomic E-state index is -0.298. The lowest BCUT2D eigenvalue weighted by molar-refractivity contribution is -0.121. The van der Waals surface area contributed by atoms with Crippen molar-refractivity contribution in [2.45, 2.75) is 6.42 Å². The summed E-state index contributed by atoms with van der Waals surface area (Å²) in [5.74, 6) is -0.635. The van der Waals surface area contributed by atoms with E-state index in [0.717, 1.165) is 5.69 Å². The van der Waals surface area contributed by atoms with Gasteiger partial charge in [-0.3, -0.25) is 9.59 Å². The predicted molar refractivity (Wildman–Crippen MR) is 73.8 cm³/mol. The first-order valence-electron chi connectivity index (χ1n) is 6.18. The van der Waals surface area contributed by atoms with Gasteiger partial charge in [-0.2, -0.15) is 0 Å². The molecule has 1 aromatic carbocycles. The molecule has 6 heteroatoms. The summed E-state index contributed by atoms with van der Waals surface area (Å²) in [7, 11) is 1.58. The number of nitrogens with two attached hydrogens (primary N) is 2. The van der Waals surface area contributed by atoms with Crippen LogP contribution in [0.5, 0.6) is 0 Å². The van der Waals surface area contributed by atoms with Crippen LogP contribution in [0.2, 0.25) is 0 Å². The van der Waals surface area contributed by atoms with Gasteiger partial charge in [0.15, 0.2) is 0 Å². The zero-order valence-electron chi connectivity index (χ0n) is 10.8. The number of nitrogen functional groups attached to an aromatic ring is 1. The summed E-state index contributed by atoms with van der Waals surface area (Å²) in [5, 5.41) is 2.60. The van der Waals surface area contributed by atoms with Crippen LogP contribution in [0.4, 0.5) is 11.4 Å². The van der Waals surface area contributed by atoms with Crippen LogP contribution in [0.15, 0.2) is 18.2 Å². The van der Waals surface area contributed by atoms with Gasteiger partial charge >= 0.3 is 0 Å². The second kappa shape index (κ2) is 5.17. The fraction of sp³-hybridized carbons (Fsp3) is 0.385. The molecule has 5 N–H and O–H groups in total. The standard InChI is InChI=1S/C13H18N4O2/c1-16-13(19)10-3-2-9(14)6-11(10)17-5-4-8(7-17)12(15)18/h2-3,6,8H,4-5,7,14H2,1H3,(H2,15,18)(H,16,19). The van der Waals surface area contributed by atoms with Crippen molar-refractivity contribution in [3.8, 4) is 0 Å². The van der Waals surface area contributed by atoms with Crippen molar-refractivity contribution in [3.05, 3.63) is 23.8 Å². The van der Waals surface area contributed by atoms with Crippen molar-refractivity contribution in [2.24, 2.45) is 11.7 Å². The third-order valence-corrected chi connectivity index (χ3v) is 3.42. The van der Waals surface area contributed by atoms with E-state index in [9.17, 15) is 9.59 Å². The number of amides is 2. The van der Waals surface area contributed by atoms with E-state index in [2.05, 4.69) is 5.32 Å². The fourth-order valence-electron chi connectivity index (χ4n) is 2.35. The van der Waals surface area contributed by atoms with Crippen LogP contribution in [-0.2, 0) is 4.79 Å². The third kappa shape index (κ3) is 2.62. The van der Waals surface area contributed by atoms with Crippen LogP contribution >= 0.6 is 0 Å². The second-order valence-corrected chi connectivity index (χ2v) is 4.69. The first-order chi connectivity index (χ1) is 9.02. The molecule has 0 aliphatic carbocycles. The second-order valence-electron chi connectivity index (χ2n) is 4.69. The number of anilines is 2. The Labute approximate surface area is 111 Å². The molecule has 1 heterocycles. The molecule has 1 aliphatic heterocycles. The molecule has 1 saturated heterocycles. The van der Waals surface area contributed by atoms with E-state index < -0.39 is 0 Å². The zero-order chi connectivity index (χ0) is 14.0. The maximum absolute atomic E-state index is 11.8. The Morgan fingerprint density at radius 1 is 1.42 bits per heavy atom. The van der Waals surface area contributed by atoms with E-state index in [1.165, 1.54) is 0 Å². The molecule has 0 bridgehead atoms. The quantitative estimate of drug-likeness (QED) is 0.664. The van der Waals surface area contributed by atoms with Gasteiger partial charge in [0.25, 0.3) is 5.91 Å². The van der Waals surface area contributed by atoms with E-state index in [0.29, 0.717) is 30.8 Å². The topological polar surface area (TPSA) is 101 Å². The van der Waals surface area contributed by atoms with Crippen LogP contribution in [0, 0.1) is 5.92 Å². The van der Waals surface area contributed by atoms with Gasteiger partial charge in [-0.15, -0.1) is 0 Å². The van der Waals surface area contributed by atoms with Crippen LogP contribution in [-0.4, -0.2) is 32.0 Å². The molecule has 1 unspecified atom stereocenters. The summed E-state index contributed by atoms with van der Waals surface area (Å²) in [6.07, 6.45) is 0.706. The smallest absolute Gasteiger partial charge is 0.253 e. The van der Waals surface area contributed by atoms with E-state index >= 15 is 0 Å². The van der Waals surface area contributed by atoms with Gasteiger partial charge in [0.2, 0.25) is 5.91 Å². The van der Waals surface area contributed by atoms with Crippen LogP contribution < -0.4 is 21.7 Å². The van der Waals surface area contributed by atoms with Crippen molar-refractivity contribution in [1.82, 2.24) is 5.32 Å². The number of primary amides is 1. The van der Waals surface area contributed by atoms with Crippen molar-refractivity contribution in [1.29, 1.82) is 0 Å². The minimum absolute atomic E-state index is 0.168.